The lowest BCUT2D eigenvalue weighted by molar-refractivity contribution is -0.129. The van der Waals surface area contributed by atoms with Crippen molar-refractivity contribution in [3.63, 3.8) is 0 Å². The quantitative estimate of drug-likeness (QED) is 0.436. The van der Waals surface area contributed by atoms with Gasteiger partial charge in [-0.15, -0.1) is 0 Å². The number of H-pyrrole nitrogens is 1. The maximum atomic E-state index is 12.4. The number of rotatable bonds is 7. The van der Waals surface area contributed by atoms with E-state index in [0.717, 1.165) is 34.4 Å². The van der Waals surface area contributed by atoms with E-state index >= 15 is 0 Å². The lowest BCUT2D eigenvalue weighted by Gasteiger charge is -2.42. The number of nitrogens with one attached hydrogen (secondary N) is 2. The van der Waals surface area contributed by atoms with Crippen LogP contribution in [0.15, 0.2) is 31.0 Å². The van der Waals surface area contributed by atoms with Gasteiger partial charge >= 0.3 is 0 Å². The molecule has 5 rings (SSSR count). The minimum absolute atomic E-state index is 0.0226. The van der Waals surface area contributed by atoms with E-state index in [1.165, 1.54) is 17.2 Å². The van der Waals surface area contributed by atoms with Crippen LogP contribution >= 0.6 is 0 Å². The molecule has 2 aromatic heterocycles. The van der Waals surface area contributed by atoms with Crippen LogP contribution in [0.5, 0.6) is 0 Å². The van der Waals surface area contributed by atoms with Crippen molar-refractivity contribution in [3.8, 4) is 0 Å². The van der Waals surface area contributed by atoms with Crippen LogP contribution < -0.4 is 10.2 Å². The zero-order chi connectivity index (χ0) is 28.6. The number of carbonyl (C=O) groups excluding carboxylic acids is 2. The Morgan fingerprint density at radius 3 is 2.77 bits per heavy atom. The molecule has 11 heteroatoms. The van der Waals surface area contributed by atoms with Gasteiger partial charge in [-0.1, -0.05) is 12.6 Å². The molecule has 0 radical (unpaired) electrons. The zero-order valence-corrected chi connectivity index (χ0v) is 24.1. The van der Waals surface area contributed by atoms with E-state index in [4.69, 9.17) is 9.97 Å². The number of aromatic nitrogens is 4. The first-order chi connectivity index (χ1) is 19.2. The van der Waals surface area contributed by atoms with Gasteiger partial charge in [0.25, 0.3) is 0 Å². The predicted molar refractivity (Wildman–Crippen MR) is 156 cm³/mol. The average Bonchev–Trinajstić information content (AvgIpc) is 3.41. The summed E-state index contributed by atoms with van der Waals surface area (Å²) in [5.74, 6) is 1.43. The second-order valence-electron chi connectivity index (χ2n) is 11.1. The van der Waals surface area contributed by atoms with E-state index in [0.29, 0.717) is 45.1 Å². The Labute approximate surface area is 235 Å². The van der Waals surface area contributed by atoms with Crippen LogP contribution in [0.3, 0.4) is 0 Å². The van der Waals surface area contributed by atoms with Crippen molar-refractivity contribution in [2.45, 2.75) is 45.3 Å². The second kappa shape index (κ2) is 11.2. The van der Waals surface area contributed by atoms with Crippen molar-refractivity contribution in [1.29, 1.82) is 0 Å². The smallest absolute Gasteiger partial charge is 0.246 e. The minimum atomic E-state index is -0.0452. The summed E-state index contributed by atoms with van der Waals surface area (Å²) >= 11 is 0. The highest BCUT2D eigenvalue weighted by molar-refractivity contribution is 5.87. The number of piperazine rings is 1. The number of fused-ring (bicyclic) bond motifs is 2. The molecule has 0 aliphatic carbocycles. The molecule has 212 valence electrons. The molecule has 0 saturated carbocycles. The summed E-state index contributed by atoms with van der Waals surface area (Å²) in [7, 11) is 5.66. The van der Waals surface area contributed by atoms with Gasteiger partial charge in [-0.25, -0.2) is 4.98 Å². The van der Waals surface area contributed by atoms with Crippen molar-refractivity contribution in [3.05, 3.63) is 53.4 Å². The molecule has 0 spiro atoms. The molecule has 4 heterocycles. The van der Waals surface area contributed by atoms with Crippen LogP contribution in [0.2, 0.25) is 0 Å². The van der Waals surface area contributed by atoms with E-state index in [-0.39, 0.29) is 23.9 Å². The summed E-state index contributed by atoms with van der Waals surface area (Å²) in [5.41, 5.74) is 5.63. The number of likely N-dealkylation sites (N-methyl/N-ethyl adjacent to an activating group) is 1. The highest BCUT2D eigenvalue weighted by atomic mass is 16.2. The third-order valence-electron chi connectivity index (χ3n) is 8.12. The van der Waals surface area contributed by atoms with Gasteiger partial charge in [-0.3, -0.25) is 19.6 Å². The van der Waals surface area contributed by atoms with Gasteiger partial charge in [-0.2, -0.15) is 10.1 Å². The largest absolute Gasteiger partial charge is 0.354 e. The molecule has 40 heavy (non-hydrogen) atoms. The monoisotopic (exact) mass is 545 g/mol. The molecule has 11 nitrogen and oxygen atoms in total. The van der Waals surface area contributed by atoms with Gasteiger partial charge in [0.1, 0.15) is 5.82 Å². The predicted octanol–water partition coefficient (Wildman–Crippen LogP) is 2.50. The highest BCUT2D eigenvalue weighted by Crippen LogP contribution is 2.39. The molecule has 1 saturated heterocycles. The van der Waals surface area contributed by atoms with E-state index in [1.54, 1.807) is 19.0 Å². The van der Waals surface area contributed by atoms with Gasteiger partial charge < -0.3 is 20.0 Å². The van der Waals surface area contributed by atoms with Crippen molar-refractivity contribution < 1.29 is 9.59 Å². The Morgan fingerprint density at radius 1 is 1.25 bits per heavy atom. The van der Waals surface area contributed by atoms with Crippen LogP contribution in [-0.2, 0) is 22.6 Å². The molecule has 1 unspecified atom stereocenters. The van der Waals surface area contributed by atoms with Gasteiger partial charge in [-0.05, 0) is 44.2 Å². The normalized spacial score (nSPS) is 19.4. The van der Waals surface area contributed by atoms with Crippen LogP contribution in [0.4, 0.5) is 11.8 Å². The lowest BCUT2D eigenvalue weighted by Crippen LogP contribution is -2.54. The first kappa shape index (κ1) is 27.6. The molecule has 2 aliphatic rings. The molecular weight excluding hydrogens is 506 g/mol. The summed E-state index contributed by atoms with van der Waals surface area (Å²) in [5, 5.41) is 11.8. The third kappa shape index (κ3) is 5.25. The second-order valence-corrected chi connectivity index (χ2v) is 11.1. The lowest BCUT2D eigenvalue weighted by atomic mass is 9.89. The van der Waals surface area contributed by atoms with Crippen LogP contribution in [-0.4, -0.2) is 100 Å². The summed E-state index contributed by atoms with van der Waals surface area (Å²) in [6.45, 7) is 11.0. The van der Waals surface area contributed by atoms with Gasteiger partial charge in [0, 0.05) is 82.7 Å². The standard InChI is InChI=1S/C29H39N9O2/c1-7-25(39)38-13-12-37(16-19(38)3)28-21-17-36(6)24(27-18(2)8-9-22-20(27)15-31-34-22)14-23(21)32-29(33-28)30-11-10-26(40)35(4)5/h7-9,15,19,24H,1,10-14,16-17H2,2-6H3,(H,31,34)(H,30,32,33)/t19-,24?/m1/s1. The Balaban J connectivity index is 1.49. The van der Waals surface area contributed by atoms with E-state index in [2.05, 4.69) is 64.9 Å². The van der Waals surface area contributed by atoms with Gasteiger partial charge in [0.15, 0.2) is 0 Å². The SMILES string of the molecule is C=CC(=O)N1CCN(c2nc(NCCC(=O)N(C)C)nc3c2CN(C)C(c2c(C)ccc4[nH]ncc24)C3)C[C@H]1C. The average molecular weight is 546 g/mol. The first-order valence-corrected chi connectivity index (χ1v) is 13.8. The maximum absolute atomic E-state index is 12.4. The van der Waals surface area contributed by atoms with E-state index < -0.39 is 0 Å². The molecule has 2 atom stereocenters. The van der Waals surface area contributed by atoms with Gasteiger partial charge in [0.2, 0.25) is 17.8 Å². The summed E-state index contributed by atoms with van der Waals surface area (Å²) in [6, 6.07) is 4.37. The van der Waals surface area contributed by atoms with Crippen molar-refractivity contribution in [2.75, 3.05) is 57.5 Å². The van der Waals surface area contributed by atoms with E-state index in [1.807, 2.05) is 11.1 Å². The molecule has 3 aromatic rings. The molecule has 0 bridgehead atoms. The zero-order valence-electron chi connectivity index (χ0n) is 24.1. The molecule has 2 aliphatic heterocycles. The number of amides is 2. The Bertz CT molecular complexity index is 1430. The van der Waals surface area contributed by atoms with Crippen LogP contribution in [0.1, 0.15) is 41.8 Å². The fraction of sp³-hybridized carbons (Fsp3) is 0.483. The number of nitrogens with zero attached hydrogens (tertiary/aromatic N) is 7. The molecule has 1 aromatic carbocycles. The fourth-order valence-corrected chi connectivity index (χ4v) is 5.90. The Hall–Kier alpha value is -3.99. The number of aromatic amines is 1. The minimum Gasteiger partial charge on any atom is -0.354 e. The Kier molecular flexibility index (Phi) is 7.75. The molecule has 2 N–H and O–H groups in total. The fourth-order valence-electron chi connectivity index (χ4n) is 5.90. The molecular formula is C29H39N9O2. The third-order valence-corrected chi connectivity index (χ3v) is 8.12. The first-order valence-electron chi connectivity index (χ1n) is 13.8. The summed E-state index contributed by atoms with van der Waals surface area (Å²) in [6.07, 6.45) is 4.37. The summed E-state index contributed by atoms with van der Waals surface area (Å²) < 4.78 is 0. The highest BCUT2D eigenvalue weighted by Gasteiger charge is 2.34. The van der Waals surface area contributed by atoms with Crippen LogP contribution in [0.25, 0.3) is 10.9 Å². The number of hydrogen-bond acceptors (Lipinski definition) is 8. The number of aryl methyl sites for hydroxylation is 1. The molecule has 2 amide bonds. The van der Waals surface area contributed by atoms with Crippen LogP contribution in [0, 0.1) is 6.92 Å². The topological polar surface area (TPSA) is 114 Å². The number of benzene rings is 1. The number of carbonyl (C=O) groups is 2. The van der Waals surface area contributed by atoms with Crippen molar-refractivity contribution in [1.82, 2.24) is 34.9 Å². The van der Waals surface area contributed by atoms with Crippen molar-refractivity contribution >= 4 is 34.5 Å². The number of anilines is 2. The van der Waals surface area contributed by atoms with Crippen molar-refractivity contribution in [2.24, 2.45) is 0 Å². The molecule has 1 fully saturated rings. The summed E-state index contributed by atoms with van der Waals surface area (Å²) in [4.78, 5) is 42.6. The van der Waals surface area contributed by atoms with Gasteiger partial charge in [0.05, 0.1) is 17.4 Å². The van der Waals surface area contributed by atoms with E-state index in [9.17, 15) is 9.59 Å². The maximum Gasteiger partial charge on any atom is 0.246 e. The number of hydrogen-bond donors (Lipinski definition) is 2. The Morgan fingerprint density at radius 2 is 2.05 bits per heavy atom.